The molecule has 0 saturated carbocycles. The molecule has 0 N–H and O–H groups in total. The molecule has 3 rings (SSSR count). The first kappa shape index (κ1) is 18.4. The molecular weight excluding hydrogens is 332 g/mol. The summed E-state index contributed by atoms with van der Waals surface area (Å²) in [6.07, 6.45) is 2.30. The molecule has 3 nitrogen and oxygen atoms in total. The van der Waals surface area contributed by atoms with Crippen molar-refractivity contribution in [1.82, 2.24) is 4.90 Å². The fraction of sp³-hybridized carbons (Fsp3) is 0.381. The predicted octanol–water partition coefficient (Wildman–Crippen LogP) is 4.49. The van der Waals surface area contributed by atoms with Crippen LogP contribution < -0.4 is 4.90 Å². The van der Waals surface area contributed by atoms with Gasteiger partial charge in [0.05, 0.1) is 13.1 Å². The van der Waals surface area contributed by atoms with E-state index in [1.807, 2.05) is 0 Å². The van der Waals surface area contributed by atoms with Crippen LogP contribution in [0, 0.1) is 11.6 Å². The molecule has 2 aromatic rings. The highest BCUT2D eigenvalue weighted by atomic mass is 19.1. The van der Waals surface area contributed by atoms with Gasteiger partial charge in [0, 0.05) is 25.3 Å². The number of aliphatic imine (C=N–C) groups is 1. The van der Waals surface area contributed by atoms with Crippen molar-refractivity contribution >= 4 is 11.5 Å². The van der Waals surface area contributed by atoms with Crippen molar-refractivity contribution in [2.24, 2.45) is 4.99 Å². The molecule has 2 aromatic carbocycles. The summed E-state index contributed by atoms with van der Waals surface area (Å²) >= 11 is 0. The Balaban J connectivity index is 1.78. The lowest BCUT2D eigenvalue weighted by atomic mass is 10.2. The third-order valence-electron chi connectivity index (χ3n) is 4.62. The first-order chi connectivity index (χ1) is 12.7. The van der Waals surface area contributed by atoms with Gasteiger partial charge in [0.2, 0.25) is 0 Å². The number of nitrogens with zero attached hydrogens (tertiary/aromatic N) is 3. The van der Waals surface area contributed by atoms with Gasteiger partial charge in [-0.05, 0) is 48.4 Å². The van der Waals surface area contributed by atoms with Crippen LogP contribution in [0.5, 0.6) is 0 Å². The lowest BCUT2D eigenvalue weighted by molar-refractivity contribution is 0.437. The first-order valence-electron chi connectivity index (χ1n) is 9.19. The molecule has 1 heterocycles. The van der Waals surface area contributed by atoms with Gasteiger partial charge in [-0.3, -0.25) is 4.99 Å². The van der Waals surface area contributed by atoms with E-state index in [0.29, 0.717) is 13.1 Å². The number of amidine groups is 1. The lowest BCUT2D eigenvalue weighted by Gasteiger charge is -2.29. The van der Waals surface area contributed by atoms with Gasteiger partial charge in [0.25, 0.3) is 0 Å². The molecule has 0 saturated heterocycles. The van der Waals surface area contributed by atoms with E-state index in [-0.39, 0.29) is 11.6 Å². The zero-order valence-electron chi connectivity index (χ0n) is 15.2. The predicted molar refractivity (Wildman–Crippen MR) is 103 cm³/mol. The molecule has 0 aliphatic carbocycles. The van der Waals surface area contributed by atoms with Crippen LogP contribution in [0.15, 0.2) is 53.5 Å². The molecule has 5 heteroatoms. The Hall–Kier alpha value is -2.43. The van der Waals surface area contributed by atoms with E-state index in [9.17, 15) is 8.78 Å². The van der Waals surface area contributed by atoms with E-state index in [4.69, 9.17) is 0 Å². The first-order valence-corrected chi connectivity index (χ1v) is 9.19. The Morgan fingerprint density at radius 3 is 2.27 bits per heavy atom. The molecule has 0 bridgehead atoms. The van der Waals surface area contributed by atoms with E-state index in [2.05, 4.69) is 21.7 Å². The summed E-state index contributed by atoms with van der Waals surface area (Å²) in [6.45, 7) is 6.27. The summed E-state index contributed by atoms with van der Waals surface area (Å²) in [7, 11) is 0. The number of rotatable bonds is 8. The second-order valence-electron chi connectivity index (χ2n) is 6.60. The smallest absolute Gasteiger partial charge is 0.123 e. The summed E-state index contributed by atoms with van der Waals surface area (Å²) < 4.78 is 26.5. The highest BCUT2D eigenvalue weighted by Crippen LogP contribution is 2.19. The molecule has 0 fully saturated rings. The van der Waals surface area contributed by atoms with Crippen LogP contribution in [-0.4, -0.2) is 36.9 Å². The van der Waals surface area contributed by atoms with Crippen LogP contribution >= 0.6 is 0 Å². The largest absolute Gasteiger partial charge is 0.360 e. The third kappa shape index (κ3) is 4.81. The maximum atomic E-state index is 13.3. The Morgan fingerprint density at radius 1 is 0.962 bits per heavy atom. The normalized spacial score (nSPS) is 13.8. The lowest BCUT2D eigenvalue weighted by Crippen LogP contribution is -2.38. The van der Waals surface area contributed by atoms with Crippen LogP contribution in [-0.2, 0) is 6.54 Å². The second kappa shape index (κ2) is 8.79. The maximum Gasteiger partial charge on any atom is 0.123 e. The molecular formula is C21H25F2N3. The summed E-state index contributed by atoms with van der Waals surface area (Å²) in [5.41, 5.74) is 1.94. The SMILES string of the molecule is CCCCN1CCN=C1CN(Cc1ccc(F)cc1)c1ccc(F)cc1. The van der Waals surface area contributed by atoms with Crippen molar-refractivity contribution in [2.75, 3.05) is 31.1 Å². The van der Waals surface area contributed by atoms with E-state index < -0.39 is 0 Å². The molecule has 26 heavy (non-hydrogen) atoms. The van der Waals surface area contributed by atoms with Gasteiger partial charge in [-0.25, -0.2) is 8.78 Å². The highest BCUT2D eigenvalue weighted by Gasteiger charge is 2.20. The van der Waals surface area contributed by atoms with Crippen molar-refractivity contribution in [1.29, 1.82) is 0 Å². The average molecular weight is 357 g/mol. The number of hydrogen-bond donors (Lipinski definition) is 0. The number of halogens is 2. The van der Waals surface area contributed by atoms with E-state index in [1.54, 1.807) is 24.3 Å². The molecule has 0 amide bonds. The minimum Gasteiger partial charge on any atom is -0.360 e. The monoisotopic (exact) mass is 357 g/mol. The minimum atomic E-state index is -0.252. The van der Waals surface area contributed by atoms with Crippen LogP contribution in [0.1, 0.15) is 25.3 Å². The van der Waals surface area contributed by atoms with Crippen molar-refractivity contribution in [3.8, 4) is 0 Å². The standard InChI is InChI=1S/C21H25F2N3/c1-2-3-13-25-14-12-24-21(25)16-26(20-10-8-19(23)9-11-20)15-17-4-6-18(22)7-5-17/h4-11H,2-3,12-16H2,1H3. The molecule has 0 atom stereocenters. The molecule has 0 radical (unpaired) electrons. The van der Waals surface area contributed by atoms with Crippen LogP contribution in [0.4, 0.5) is 14.5 Å². The Kier molecular flexibility index (Phi) is 6.21. The Bertz CT molecular complexity index is 726. The van der Waals surface area contributed by atoms with Crippen LogP contribution in [0.25, 0.3) is 0 Å². The van der Waals surface area contributed by atoms with Gasteiger partial charge in [-0.1, -0.05) is 25.5 Å². The third-order valence-corrected chi connectivity index (χ3v) is 4.62. The highest BCUT2D eigenvalue weighted by molar-refractivity contribution is 5.88. The van der Waals surface area contributed by atoms with E-state index in [0.717, 1.165) is 49.6 Å². The zero-order chi connectivity index (χ0) is 18.4. The maximum absolute atomic E-state index is 13.3. The topological polar surface area (TPSA) is 18.8 Å². The van der Waals surface area contributed by atoms with Crippen molar-refractivity contribution in [3.05, 3.63) is 65.7 Å². The van der Waals surface area contributed by atoms with Crippen molar-refractivity contribution < 1.29 is 8.78 Å². The number of unbranched alkanes of at least 4 members (excludes halogenated alkanes) is 1. The summed E-state index contributed by atoms with van der Waals surface area (Å²) in [4.78, 5) is 9.18. The molecule has 0 unspecified atom stereocenters. The van der Waals surface area contributed by atoms with Gasteiger partial charge in [0.15, 0.2) is 0 Å². The molecule has 138 valence electrons. The van der Waals surface area contributed by atoms with Gasteiger partial charge in [0.1, 0.15) is 17.5 Å². The average Bonchev–Trinajstić information content (AvgIpc) is 3.09. The van der Waals surface area contributed by atoms with Crippen molar-refractivity contribution in [3.63, 3.8) is 0 Å². The summed E-state index contributed by atoms with van der Waals surface area (Å²) in [6, 6.07) is 13.0. The second-order valence-corrected chi connectivity index (χ2v) is 6.60. The van der Waals surface area contributed by atoms with E-state index >= 15 is 0 Å². The van der Waals surface area contributed by atoms with Crippen LogP contribution in [0.3, 0.4) is 0 Å². The number of anilines is 1. The minimum absolute atomic E-state index is 0.243. The summed E-state index contributed by atoms with van der Waals surface area (Å²) in [5.74, 6) is 0.580. The fourth-order valence-electron chi connectivity index (χ4n) is 3.14. The summed E-state index contributed by atoms with van der Waals surface area (Å²) in [5, 5.41) is 0. The van der Waals surface area contributed by atoms with Crippen molar-refractivity contribution in [2.45, 2.75) is 26.3 Å². The quantitative estimate of drug-likeness (QED) is 0.693. The zero-order valence-corrected chi connectivity index (χ0v) is 15.2. The van der Waals surface area contributed by atoms with Gasteiger partial charge in [-0.2, -0.15) is 0 Å². The fourth-order valence-corrected chi connectivity index (χ4v) is 3.14. The van der Waals surface area contributed by atoms with Crippen LogP contribution in [0.2, 0.25) is 0 Å². The molecule has 0 spiro atoms. The molecule has 0 aromatic heterocycles. The molecule has 1 aliphatic heterocycles. The number of benzene rings is 2. The Labute approximate surface area is 154 Å². The Morgan fingerprint density at radius 2 is 1.62 bits per heavy atom. The number of hydrogen-bond acceptors (Lipinski definition) is 3. The molecule has 1 aliphatic rings. The van der Waals surface area contributed by atoms with E-state index in [1.165, 1.54) is 24.3 Å². The van der Waals surface area contributed by atoms with Gasteiger partial charge >= 0.3 is 0 Å². The van der Waals surface area contributed by atoms with Gasteiger partial charge in [-0.15, -0.1) is 0 Å². The van der Waals surface area contributed by atoms with Gasteiger partial charge < -0.3 is 9.80 Å².